The first-order chi connectivity index (χ1) is 6.13. The summed E-state index contributed by atoms with van der Waals surface area (Å²) >= 11 is 5.31. The zero-order chi connectivity index (χ0) is 9.84. The number of nitrogens with zero attached hydrogens (tertiary/aromatic N) is 2. The number of imidazole rings is 1. The second-order valence-electron chi connectivity index (χ2n) is 3.13. The minimum absolute atomic E-state index is 0.667. The smallest absolute Gasteiger partial charge is 0.124 e. The van der Waals surface area contributed by atoms with Gasteiger partial charge in [0.1, 0.15) is 10.4 Å². The number of rotatable bonds is 4. The van der Waals surface area contributed by atoms with Gasteiger partial charge in [0.05, 0.1) is 5.75 Å². The molecule has 13 heavy (non-hydrogen) atoms. The first-order valence-corrected chi connectivity index (χ1v) is 6.30. The van der Waals surface area contributed by atoms with Crippen molar-refractivity contribution in [2.24, 2.45) is 0 Å². The van der Waals surface area contributed by atoms with Crippen LogP contribution in [0.4, 0.5) is 0 Å². The van der Waals surface area contributed by atoms with E-state index in [1.54, 1.807) is 0 Å². The Labute approximate surface area is 92.3 Å². The van der Waals surface area contributed by atoms with E-state index in [1.807, 2.05) is 18.0 Å². The van der Waals surface area contributed by atoms with Crippen molar-refractivity contribution in [2.75, 3.05) is 0 Å². The SMILES string of the molecule is CCn1cc(Br)nc1CSC(C)C. The Bertz CT molecular complexity index is 271. The summed E-state index contributed by atoms with van der Waals surface area (Å²) < 4.78 is 3.12. The molecule has 0 aliphatic rings. The molecule has 1 aromatic heterocycles. The van der Waals surface area contributed by atoms with Crippen LogP contribution in [0.2, 0.25) is 0 Å². The summed E-state index contributed by atoms with van der Waals surface area (Å²) in [5, 5.41) is 0.667. The van der Waals surface area contributed by atoms with E-state index in [0.717, 1.165) is 22.7 Å². The van der Waals surface area contributed by atoms with Crippen molar-refractivity contribution in [3.63, 3.8) is 0 Å². The molecule has 0 amide bonds. The first-order valence-electron chi connectivity index (χ1n) is 4.46. The lowest BCUT2D eigenvalue weighted by Gasteiger charge is -2.05. The van der Waals surface area contributed by atoms with Crippen molar-refractivity contribution >= 4 is 27.7 Å². The molecule has 0 saturated heterocycles. The normalized spacial score (nSPS) is 11.2. The van der Waals surface area contributed by atoms with Gasteiger partial charge in [0, 0.05) is 12.7 Å². The highest BCUT2D eigenvalue weighted by atomic mass is 79.9. The second-order valence-corrected chi connectivity index (χ2v) is 5.50. The molecule has 74 valence electrons. The van der Waals surface area contributed by atoms with Gasteiger partial charge in [0.2, 0.25) is 0 Å². The van der Waals surface area contributed by atoms with Gasteiger partial charge in [-0.25, -0.2) is 4.98 Å². The highest BCUT2D eigenvalue weighted by molar-refractivity contribution is 9.10. The van der Waals surface area contributed by atoms with Crippen LogP contribution >= 0.6 is 27.7 Å². The Kier molecular flexibility index (Phi) is 4.32. The molecule has 0 unspecified atom stereocenters. The third-order valence-corrected chi connectivity index (χ3v) is 3.19. The molecule has 0 aliphatic carbocycles. The van der Waals surface area contributed by atoms with Crippen molar-refractivity contribution in [1.82, 2.24) is 9.55 Å². The van der Waals surface area contributed by atoms with Crippen molar-refractivity contribution < 1.29 is 0 Å². The molecule has 0 aromatic carbocycles. The van der Waals surface area contributed by atoms with Gasteiger partial charge in [-0.3, -0.25) is 0 Å². The average molecular weight is 263 g/mol. The van der Waals surface area contributed by atoms with E-state index in [0.29, 0.717) is 5.25 Å². The molecule has 0 fully saturated rings. The third-order valence-electron chi connectivity index (χ3n) is 1.72. The van der Waals surface area contributed by atoms with Crippen LogP contribution in [0.3, 0.4) is 0 Å². The number of hydrogen-bond acceptors (Lipinski definition) is 2. The van der Waals surface area contributed by atoms with Crippen LogP contribution < -0.4 is 0 Å². The maximum Gasteiger partial charge on any atom is 0.124 e. The van der Waals surface area contributed by atoms with Gasteiger partial charge < -0.3 is 4.57 Å². The Morgan fingerprint density at radius 2 is 2.31 bits per heavy atom. The van der Waals surface area contributed by atoms with Gasteiger partial charge in [0.25, 0.3) is 0 Å². The van der Waals surface area contributed by atoms with E-state index in [1.165, 1.54) is 0 Å². The lowest BCUT2D eigenvalue weighted by Crippen LogP contribution is -2.00. The molecule has 0 spiro atoms. The molecule has 0 bridgehead atoms. The molecule has 0 aliphatic heterocycles. The van der Waals surface area contributed by atoms with Gasteiger partial charge in [0.15, 0.2) is 0 Å². The summed E-state index contributed by atoms with van der Waals surface area (Å²) in [7, 11) is 0. The minimum Gasteiger partial charge on any atom is -0.333 e. The van der Waals surface area contributed by atoms with Crippen molar-refractivity contribution in [3.05, 3.63) is 16.6 Å². The topological polar surface area (TPSA) is 17.8 Å². The van der Waals surface area contributed by atoms with E-state index >= 15 is 0 Å². The number of halogens is 1. The van der Waals surface area contributed by atoms with Gasteiger partial charge in [-0.15, -0.1) is 0 Å². The molecule has 0 saturated carbocycles. The zero-order valence-corrected chi connectivity index (χ0v) is 10.7. The standard InChI is InChI=1S/C9H15BrN2S/c1-4-12-5-8(10)11-9(12)6-13-7(2)3/h5,7H,4,6H2,1-3H3. The van der Waals surface area contributed by atoms with Crippen LogP contribution in [-0.2, 0) is 12.3 Å². The molecule has 0 N–H and O–H groups in total. The highest BCUT2D eigenvalue weighted by Gasteiger charge is 2.05. The molecule has 1 aromatic rings. The Morgan fingerprint density at radius 1 is 1.62 bits per heavy atom. The van der Waals surface area contributed by atoms with E-state index in [4.69, 9.17) is 0 Å². The van der Waals surface area contributed by atoms with Gasteiger partial charge in [-0.2, -0.15) is 11.8 Å². The average Bonchev–Trinajstić information content (AvgIpc) is 2.42. The van der Waals surface area contributed by atoms with Crippen LogP contribution in [0.5, 0.6) is 0 Å². The largest absolute Gasteiger partial charge is 0.333 e. The third kappa shape index (κ3) is 3.35. The highest BCUT2D eigenvalue weighted by Crippen LogP contribution is 2.18. The fourth-order valence-corrected chi connectivity index (χ4v) is 2.21. The minimum atomic E-state index is 0.667. The maximum atomic E-state index is 4.41. The Balaban J connectivity index is 2.64. The monoisotopic (exact) mass is 262 g/mol. The quantitative estimate of drug-likeness (QED) is 0.829. The molecule has 0 radical (unpaired) electrons. The molecule has 1 heterocycles. The summed E-state index contributed by atoms with van der Waals surface area (Å²) in [6.45, 7) is 7.54. The summed E-state index contributed by atoms with van der Waals surface area (Å²) in [5.74, 6) is 2.16. The lowest BCUT2D eigenvalue weighted by atomic mass is 10.6. The van der Waals surface area contributed by atoms with Crippen LogP contribution in [0.15, 0.2) is 10.8 Å². The van der Waals surface area contributed by atoms with Crippen molar-refractivity contribution in [1.29, 1.82) is 0 Å². The molecular weight excluding hydrogens is 248 g/mol. The van der Waals surface area contributed by atoms with E-state index in [-0.39, 0.29) is 0 Å². The molecule has 0 atom stereocenters. The summed E-state index contributed by atoms with van der Waals surface area (Å²) in [5.41, 5.74) is 0. The van der Waals surface area contributed by atoms with Gasteiger partial charge >= 0.3 is 0 Å². The van der Waals surface area contributed by atoms with Crippen LogP contribution in [-0.4, -0.2) is 14.8 Å². The number of thioether (sulfide) groups is 1. The predicted octanol–water partition coefficient (Wildman–Crippen LogP) is 3.31. The van der Waals surface area contributed by atoms with Crippen molar-refractivity contribution in [2.45, 2.75) is 38.3 Å². The van der Waals surface area contributed by atoms with E-state index < -0.39 is 0 Å². The lowest BCUT2D eigenvalue weighted by molar-refractivity contribution is 0.725. The van der Waals surface area contributed by atoms with Gasteiger partial charge in [-0.1, -0.05) is 13.8 Å². The summed E-state index contributed by atoms with van der Waals surface area (Å²) in [4.78, 5) is 4.41. The van der Waals surface area contributed by atoms with Crippen LogP contribution in [0, 0.1) is 0 Å². The number of aromatic nitrogens is 2. The van der Waals surface area contributed by atoms with E-state index in [2.05, 4.69) is 46.3 Å². The Morgan fingerprint density at radius 3 is 2.85 bits per heavy atom. The van der Waals surface area contributed by atoms with Crippen LogP contribution in [0.25, 0.3) is 0 Å². The molecule has 2 nitrogen and oxygen atoms in total. The summed E-state index contributed by atoms with van der Waals surface area (Å²) in [6.07, 6.45) is 2.04. The van der Waals surface area contributed by atoms with Crippen LogP contribution in [0.1, 0.15) is 26.6 Å². The predicted molar refractivity (Wildman–Crippen MR) is 62.0 cm³/mol. The second kappa shape index (κ2) is 5.05. The number of hydrogen-bond donors (Lipinski definition) is 0. The molecule has 1 rings (SSSR count). The van der Waals surface area contributed by atoms with Crippen molar-refractivity contribution in [3.8, 4) is 0 Å². The fourth-order valence-electron chi connectivity index (χ4n) is 1.05. The Hall–Kier alpha value is 0.0400. The molecule has 4 heteroatoms. The summed E-state index contributed by atoms with van der Waals surface area (Å²) in [6, 6.07) is 0. The van der Waals surface area contributed by atoms with Gasteiger partial charge in [-0.05, 0) is 28.1 Å². The first kappa shape index (κ1) is 11.1. The maximum absolute atomic E-state index is 4.41. The molecular formula is C9H15BrN2S. The fraction of sp³-hybridized carbons (Fsp3) is 0.667. The van der Waals surface area contributed by atoms with E-state index in [9.17, 15) is 0 Å². The number of aryl methyl sites for hydroxylation is 1. The zero-order valence-electron chi connectivity index (χ0n) is 8.25.